The first-order valence-electron chi connectivity index (χ1n) is 5.41. The van der Waals surface area contributed by atoms with E-state index in [0.29, 0.717) is 11.8 Å². The van der Waals surface area contributed by atoms with E-state index in [2.05, 4.69) is 6.07 Å². The first-order valence-corrected chi connectivity index (χ1v) is 5.41. The van der Waals surface area contributed by atoms with Gasteiger partial charge in [0.2, 0.25) is 0 Å². The summed E-state index contributed by atoms with van der Waals surface area (Å²) in [4.78, 5) is 0. The van der Waals surface area contributed by atoms with Gasteiger partial charge >= 0.3 is 0 Å². The number of nitriles is 1. The summed E-state index contributed by atoms with van der Waals surface area (Å²) < 4.78 is 0. The van der Waals surface area contributed by atoms with Crippen molar-refractivity contribution >= 4 is 0 Å². The zero-order valence-corrected chi connectivity index (χ0v) is 7.22. The van der Waals surface area contributed by atoms with Crippen LogP contribution in [0, 0.1) is 58.2 Å². The number of rotatable bonds is 0. The summed E-state index contributed by atoms with van der Waals surface area (Å²) in [5.41, 5.74) is 0.0994. The Kier molecular flexibility index (Phi) is 0.587. The third-order valence-corrected chi connectivity index (χ3v) is 6.03. The topological polar surface area (TPSA) is 44.0 Å². The molecule has 0 spiro atoms. The van der Waals surface area contributed by atoms with Gasteiger partial charge in [-0.05, 0) is 47.8 Å². The van der Waals surface area contributed by atoms with Crippen molar-refractivity contribution in [3.8, 4) is 6.07 Å². The van der Waals surface area contributed by atoms with Gasteiger partial charge in [0, 0.05) is 0 Å². The highest BCUT2D eigenvalue weighted by atomic mass is 16.3. The molecule has 2 heteroatoms. The van der Waals surface area contributed by atoms with Gasteiger partial charge < -0.3 is 5.11 Å². The Hall–Kier alpha value is -0.550. The highest BCUT2D eigenvalue weighted by Crippen LogP contribution is 2.96. The van der Waals surface area contributed by atoms with Crippen molar-refractivity contribution in [2.45, 2.75) is 12.5 Å². The molecule has 0 radical (unpaired) electrons. The van der Waals surface area contributed by atoms with Crippen LogP contribution in [0.3, 0.4) is 0 Å². The van der Waals surface area contributed by atoms with Gasteiger partial charge in [-0.25, -0.2) is 0 Å². The van der Waals surface area contributed by atoms with Gasteiger partial charge in [0.1, 0.15) is 0 Å². The molecule has 6 rings (SSSR count). The number of fused-ring (bicyclic) bond motifs is 1. The summed E-state index contributed by atoms with van der Waals surface area (Å²) in [5, 5.41) is 19.2. The second kappa shape index (κ2) is 1.26. The summed E-state index contributed by atoms with van der Waals surface area (Å²) in [7, 11) is 0. The molecule has 1 N–H and O–H groups in total. The molecule has 0 aromatic carbocycles. The third-order valence-electron chi connectivity index (χ3n) is 6.03. The minimum atomic E-state index is -0.0461. The van der Waals surface area contributed by atoms with Crippen molar-refractivity contribution in [3.05, 3.63) is 0 Å². The first-order chi connectivity index (χ1) is 6.32. The highest BCUT2D eigenvalue weighted by molar-refractivity contribution is 5.47. The van der Waals surface area contributed by atoms with Crippen LogP contribution in [0.4, 0.5) is 0 Å². The normalized spacial score (nSPS) is 83.7. The molecule has 6 aliphatic rings. The molecule has 0 amide bonds. The van der Waals surface area contributed by atoms with Crippen LogP contribution in [0.5, 0.6) is 0 Å². The lowest BCUT2D eigenvalue weighted by molar-refractivity contribution is -0.0127. The molecule has 0 aromatic rings. The van der Waals surface area contributed by atoms with Crippen LogP contribution >= 0.6 is 0 Å². The average Bonchev–Trinajstić information content (AvgIpc) is 2.94. The molecule has 6 saturated carbocycles. The molecule has 0 aliphatic heterocycles. The Balaban J connectivity index is 1.81. The van der Waals surface area contributed by atoms with Crippen LogP contribution in [0.15, 0.2) is 0 Å². The monoisotopic (exact) mass is 173 g/mol. The summed E-state index contributed by atoms with van der Waals surface area (Å²) in [6.45, 7) is 0. The minimum Gasteiger partial charge on any atom is -0.393 e. The van der Waals surface area contributed by atoms with Crippen LogP contribution in [0.25, 0.3) is 0 Å². The van der Waals surface area contributed by atoms with Gasteiger partial charge in [-0.15, -0.1) is 0 Å². The predicted molar refractivity (Wildman–Crippen MR) is 43.1 cm³/mol. The van der Waals surface area contributed by atoms with Gasteiger partial charge in [0.25, 0.3) is 0 Å². The molecular formula is C11H11NO. The molecule has 6 fully saturated rings. The van der Waals surface area contributed by atoms with E-state index in [1.807, 2.05) is 0 Å². The lowest BCUT2D eigenvalue weighted by Gasteiger charge is -2.38. The summed E-state index contributed by atoms with van der Waals surface area (Å²) in [6, 6.07) is 2.61. The number of nitrogens with zero attached hydrogens (tertiary/aromatic N) is 1. The Morgan fingerprint density at radius 3 is 2.54 bits per heavy atom. The quantitative estimate of drug-likeness (QED) is 0.584. The van der Waals surface area contributed by atoms with E-state index >= 15 is 0 Å². The summed E-state index contributed by atoms with van der Waals surface area (Å²) in [5.74, 6) is 5.05. The molecule has 2 nitrogen and oxygen atoms in total. The molecule has 0 saturated heterocycles. The fraction of sp³-hybridized carbons (Fsp3) is 0.909. The van der Waals surface area contributed by atoms with Crippen LogP contribution < -0.4 is 0 Å². The van der Waals surface area contributed by atoms with E-state index in [-0.39, 0.29) is 11.5 Å². The molecule has 66 valence electrons. The van der Waals surface area contributed by atoms with Crippen molar-refractivity contribution in [2.75, 3.05) is 0 Å². The average molecular weight is 173 g/mol. The first kappa shape index (κ1) is 6.03. The fourth-order valence-electron chi connectivity index (χ4n) is 6.07. The molecule has 13 heavy (non-hydrogen) atoms. The van der Waals surface area contributed by atoms with Gasteiger partial charge in [0.15, 0.2) is 0 Å². The second-order valence-corrected chi connectivity index (χ2v) is 5.82. The molecule has 0 unspecified atom stereocenters. The number of aliphatic hydroxyl groups is 1. The van der Waals surface area contributed by atoms with E-state index < -0.39 is 0 Å². The number of hydrogen-bond acceptors (Lipinski definition) is 2. The van der Waals surface area contributed by atoms with Gasteiger partial charge in [-0.2, -0.15) is 5.26 Å². The molecule has 0 heterocycles. The molecule has 0 aromatic heterocycles. The largest absolute Gasteiger partial charge is 0.393 e. The number of aliphatic hydroxyl groups excluding tert-OH is 1. The maximum atomic E-state index is 9.91. The van der Waals surface area contributed by atoms with Gasteiger partial charge in [-0.3, -0.25) is 0 Å². The van der Waals surface area contributed by atoms with E-state index in [9.17, 15) is 10.4 Å². The van der Waals surface area contributed by atoms with Gasteiger partial charge in [0.05, 0.1) is 17.6 Å². The molecular weight excluding hydrogens is 162 g/mol. The van der Waals surface area contributed by atoms with Crippen LogP contribution in [0.2, 0.25) is 0 Å². The summed E-state index contributed by atoms with van der Waals surface area (Å²) >= 11 is 0. The zero-order valence-electron chi connectivity index (χ0n) is 7.22. The predicted octanol–water partition coefficient (Wildman–Crippen LogP) is 0.629. The van der Waals surface area contributed by atoms with E-state index in [1.54, 1.807) is 0 Å². The van der Waals surface area contributed by atoms with E-state index in [0.717, 1.165) is 36.0 Å². The molecule has 6 aliphatic carbocycles. The highest BCUT2D eigenvalue weighted by Gasteiger charge is 2.97. The maximum absolute atomic E-state index is 9.91. The van der Waals surface area contributed by atoms with Crippen molar-refractivity contribution in [1.29, 1.82) is 5.26 Å². The smallest absolute Gasteiger partial charge is 0.0699 e. The van der Waals surface area contributed by atoms with E-state index in [1.165, 1.54) is 0 Å². The second-order valence-electron chi connectivity index (χ2n) is 5.82. The van der Waals surface area contributed by atoms with Crippen LogP contribution in [-0.2, 0) is 0 Å². The van der Waals surface area contributed by atoms with Crippen molar-refractivity contribution in [2.24, 2.45) is 46.8 Å². The lowest BCUT2D eigenvalue weighted by atomic mass is 9.69. The van der Waals surface area contributed by atoms with Gasteiger partial charge in [-0.1, -0.05) is 0 Å². The summed E-state index contributed by atoms with van der Waals surface area (Å²) in [6.07, 6.45) is 0.975. The van der Waals surface area contributed by atoms with Crippen LogP contribution in [-0.4, -0.2) is 11.2 Å². The minimum absolute atomic E-state index is 0.0461. The molecule has 9 atom stereocenters. The Bertz CT molecular complexity index is 382. The Morgan fingerprint density at radius 2 is 2.00 bits per heavy atom. The molecule has 2 bridgehead atoms. The fourth-order valence-corrected chi connectivity index (χ4v) is 6.07. The van der Waals surface area contributed by atoms with E-state index in [4.69, 9.17) is 0 Å². The third kappa shape index (κ3) is 0.321. The Labute approximate surface area is 76.5 Å². The van der Waals surface area contributed by atoms with Crippen molar-refractivity contribution in [1.82, 2.24) is 0 Å². The van der Waals surface area contributed by atoms with Crippen LogP contribution in [0.1, 0.15) is 6.42 Å². The van der Waals surface area contributed by atoms with Crippen molar-refractivity contribution < 1.29 is 5.11 Å². The number of hydrogen-bond donors (Lipinski definition) is 1. The lowest BCUT2D eigenvalue weighted by Crippen LogP contribution is -2.39. The maximum Gasteiger partial charge on any atom is 0.0699 e. The SMILES string of the molecule is N#C[C@@]12[C@@H]3[C@@H]4[C@H]3[C@@H]3C[C@@H](O)[C@H]4[C@@H]1[C@H]32. The standard InChI is InChI=1S/C11H11NO/c12-2-11-8-3-1-4(13)6(10(8)11)7-5(3)9(7)11/h3-10,13H,1H2/t3-,4+,5+,6+,7+,8-,9-,10+,11+/m0/s1. The zero-order chi connectivity index (χ0) is 8.53. The Morgan fingerprint density at radius 1 is 1.15 bits per heavy atom. The van der Waals surface area contributed by atoms with Crippen molar-refractivity contribution in [3.63, 3.8) is 0 Å².